The molecule has 17 heavy (non-hydrogen) atoms. The zero-order valence-electron chi connectivity index (χ0n) is 10.4. The third kappa shape index (κ3) is 2.57. The van der Waals surface area contributed by atoms with E-state index in [0.29, 0.717) is 6.04 Å². The molecule has 1 aromatic carbocycles. The summed E-state index contributed by atoms with van der Waals surface area (Å²) in [4.78, 5) is 0. The van der Waals surface area contributed by atoms with Crippen molar-refractivity contribution in [3.8, 4) is 0 Å². The summed E-state index contributed by atoms with van der Waals surface area (Å²) in [6.07, 6.45) is 6.56. The van der Waals surface area contributed by atoms with Crippen LogP contribution < -0.4 is 5.32 Å². The van der Waals surface area contributed by atoms with Crippen molar-refractivity contribution in [3.05, 3.63) is 35.9 Å². The van der Waals surface area contributed by atoms with Crippen molar-refractivity contribution < 1.29 is 0 Å². The van der Waals surface area contributed by atoms with Crippen LogP contribution in [-0.2, 0) is 0 Å². The molecule has 1 aliphatic rings. The van der Waals surface area contributed by atoms with E-state index in [1.807, 2.05) is 19.1 Å². The van der Waals surface area contributed by atoms with Gasteiger partial charge in [0.15, 0.2) is 0 Å². The molecule has 0 bridgehead atoms. The topological polar surface area (TPSA) is 35.9 Å². The predicted molar refractivity (Wildman–Crippen MR) is 74.9 cm³/mol. The minimum absolute atomic E-state index is 0.578. The molecule has 1 aliphatic carbocycles. The minimum atomic E-state index is 0.578. The molecule has 1 saturated carbocycles. The summed E-state index contributed by atoms with van der Waals surface area (Å²) >= 11 is 0. The van der Waals surface area contributed by atoms with E-state index in [1.165, 1.54) is 31.9 Å². The number of nitrogens with one attached hydrogen (secondary N) is 2. The van der Waals surface area contributed by atoms with Gasteiger partial charge in [-0.25, -0.2) is 0 Å². The molecular formula is C15H20N2. The maximum atomic E-state index is 7.59. The van der Waals surface area contributed by atoms with Crippen LogP contribution in [-0.4, -0.2) is 12.3 Å². The molecule has 0 atom stereocenters. The molecule has 0 spiro atoms. The van der Waals surface area contributed by atoms with E-state index in [0.717, 1.165) is 22.4 Å². The first-order valence-corrected chi connectivity index (χ1v) is 6.28. The smallest absolute Gasteiger partial charge is 0.0437 e. The summed E-state index contributed by atoms with van der Waals surface area (Å²) in [6.45, 7) is 5.96. The van der Waals surface area contributed by atoms with Crippen molar-refractivity contribution >= 4 is 17.5 Å². The molecule has 90 valence electrons. The van der Waals surface area contributed by atoms with E-state index >= 15 is 0 Å². The maximum Gasteiger partial charge on any atom is 0.0437 e. The average molecular weight is 228 g/mol. The van der Waals surface area contributed by atoms with Gasteiger partial charge in [0.1, 0.15) is 0 Å². The molecule has 0 unspecified atom stereocenters. The lowest BCUT2D eigenvalue weighted by Gasteiger charge is -2.17. The van der Waals surface area contributed by atoms with Crippen molar-refractivity contribution in [3.63, 3.8) is 0 Å². The average Bonchev–Trinajstić information content (AvgIpc) is 2.81. The second kappa shape index (κ2) is 5.17. The second-order valence-corrected chi connectivity index (χ2v) is 4.82. The molecule has 2 heteroatoms. The molecule has 0 aliphatic heterocycles. The largest absolute Gasteiger partial charge is 0.382 e. The molecule has 2 N–H and O–H groups in total. The Labute approximate surface area is 103 Å². The summed E-state index contributed by atoms with van der Waals surface area (Å²) in [5.74, 6) is 0. The van der Waals surface area contributed by atoms with Crippen molar-refractivity contribution in [1.29, 1.82) is 5.41 Å². The van der Waals surface area contributed by atoms with E-state index in [4.69, 9.17) is 5.41 Å². The van der Waals surface area contributed by atoms with Gasteiger partial charge in [-0.1, -0.05) is 37.1 Å². The molecule has 0 saturated heterocycles. The lowest BCUT2D eigenvalue weighted by atomic mass is 10.0. The maximum absolute atomic E-state index is 7.59. The van der Waals surface area contributed by atoms with E-state index in [2.05, 4.69) is 18.0 Å². The molecule has 2 rings (SSSR count). The molecule has 1 aromatic rings. The summed E-state index contributed by atoms with van der Waals surface area (Å²) in [7, 11) is 0. The molecule has 0 aromatic heterocycles. The van der Waals surface area contributed by atoms with E-state index in [9.17, 15) is 0 Å². The van der Waals surface area contributed by atoms with Gasteiger partial charge in [-0.2, -0.15) is 0 Å². The van der Waals surface area contributed by atoms with Crippen LogP contribution >= 0.6 is 0 Å². The Kier molecular flexibility index (Phi) is 3.62. The zero-order valence-corrected chi connectivity index (χ0v) is 10.4. The van der Waals surface area contributed by atoms with Crippen LogP contribution in [0.15, 0.2) is 24.8 Å². The van der Waals surface area contributed by atoms with Crippen LogP contribution in [0, 0.1) is 5.41 Å². The van der Waals surface area contributed by atoms with Gasteiger partial charge in [0, 0.05) is 23.5 Å². The fourth-order valence-electron chi connectivity index (χ4n) is 2.51. The molecule has 0 radical (unpaired) electrons. The fraction of sp³-hybridized carbons (Fsp3) is 0.400. The van der Waals surface area contributed by atoms with E-state index in [1.54, 1.807) is 0 Å². The van der Waals surface area contributed by atoms with Crippen molar-refractivity contribution in [1.82, 2.24) is 0 Å². The lowest BCUT2D eigenvalue weighted by molar-refractivity contribution is 0.755. The number of allylic oxidation sites excluding steroid dienone is 1. The molecular weight excluding hydrogens is 208 g/mol. The highest BCUT2D eigenvalue weighted by Crippen LogP contribution is 2.27. The van der Waals surface area contributed by atoms with Gasteiger partial charge >= 0.3 is 0 Å². The Morgan fingerprint density at radius 3 is 2.71 bits per heavy atom. The molecule has 2 nitrogen and oxygen atoms in total. The van der Waals surface area contributed by atoms with Gasteiger partial charge in [0.25, 0.3) is 0 Å². The Hall–Kier alpha value is -1.57. The number of anilines is 1. The molecule has 1 fully saturated rings. The Morgan fingerprint density at radius 2 is 2.12 bits per heavy atom. The first kappa shape index (κ1) is 11.9. The fourth-order valence-corrected chi connectivity index (χ4v) is 2.51. The summed E-state index contributed by atoms with van der Waals surface area (Å²) in [6, 6.07) is 6.70. The van der Waals surface area contributed by atoms with Gasteiger partial charge < -0.3 is 10.7 Å². The molecule has 0 heterocycles. The standard InChI is InChI=1S/C15H20N2/c1-11(2)13-8-5-9-15(14(13)10-16)17-12-6-3-4-7-12/h5,8-10,12,16-17H,1,3-4,6-7H2,2H3. The van der Waals surface area contributed by atoms with Crippen LogP contribution in [0.4, 0.5) is 5.69 Å². The normalized spacial score (nSPS) is 15.8. The number of rotatable bonds is 4. The second-order valence-electron chi connectivity index (χ2n) is 4.82. The monoisotopic (exact) mass is 228 g/mol. The first-order valence-electron chi connectivity index (χ1n) is 6.28. The van der Waals surface area contributed by atoms with Crippen LogP contribution in [0.3, 0.4) is 0 Å². The molecule has 0 amide bonds. The minimum Gasteiger partial charge on any atom is -0.382 e. The SMILES string of the molecule is C=C(C)c1cccc(NC2CCCC2)c1C=N. The van der Waals surface area contributed by atoms with Crippen molar-refractivity contribution in [2.24, 2.45) is 0 Å². The van der Waals surface area contributed by atoms with Gasteiger partial charge in [-0.3, -0.25) is 0 Å². The van der Waals surface area contributed by atoms with Gasteiger partial charge in [-0.15, -0.1) is 0 Å². The number of hydrogen-bond donors (Lipinski definition) is 2. The Morgan fingerprint density at radius 1 is 1.41 bits per heavy atom. The Bertz CT molecular complexity index is 429. The summed E-state index contributed by atoms with van der Waals surface area (Å²) < 4.78 is 0. The summed E-state index contributed by atoms with van der Waals surface area (Å²) in [5.41, 5.74) is 4.13. The van der Waals surface area contributed by atoms with Gasteiger partial charge in [-0.05, 0) is 31.4 Å². The first-order chi connectivity index (χ1) is 8.22. The Balaban J connectivity index is 2.29. The van der Waals surface area contributed by atoms with Gasteiger partial charge in [0.05, 0.1) is 0 Å². The third-order valence-electron chi connectivity index (χ3n) is 3.43. The van der Waals surface area contributed by atoms with Crippen LogP contribution in [0.25, 0.3) is 5.57 Å². The quantitative estimate of drug-likeness (QED) is 0.749. The van der Waals surface area contributed by atoms with Crippen molar-refractivity contribution in [2.75, 3.05) is 5.32 Å². The highest BCUT2D eigenvalue weighted by atomic mass is 14.9. The van der Waals surface area contributed by atoms with Gasteiger partial charge in [0.2, 0.25) is 0 Å². The highest BCUT2D eigenvalue weighted by molar-refractivity contribution is 5.93. The number of benzene rings is 1. The van der Waals surface area contributed by atoms with Crippen molar-refractivity contribution in [2.45, 2.75) is 38.6 Å². The number of hydrogen-bond acceptors (Lipinski definition) is 2. The lowest BCUT2D eigenvalue weighted by Crippen LogP contribution is -2.16. The zero-order chi connectivity index (χ0) is 12.3. The van der Waals surface area contributed by atoms with E-state index in [-0.39, 0.29) is 0 Å². The third-order valence-corrected chi connectivity index (χ3v) is 3.43. The summed E-state index contributed by atoms with van der Waals surface area (Å²) in [5, 5.41) is 11.1. The van der Waals surface area contributed by atoms with Crippen LogP contribution in [0.5, 0.6) is 0 Å². The van der Waals surface area contributed by atoms with Crippen LogP contribution in [0.1, 0.15) is 43.7 Å². The predicted octanol–water partition coefficient (Wildman–Crippen LogP) is 4.07. The van der Waals surface area contributed by atoms with E-state index < -0.39 is 0 Å². The highest BCUT2D eigenvalue weighted by Gasteiger charge is 2.16. The van der Waals surface area contributed by atoms with Crippen LogP contribution in [0.2, 0.25) is 0 Å².